The number of aromatic nitrogens is 2. The third-order valence-electron chi connectivity index (χ3n) is 3.16. The van der Waals surface area contributed by atoms with Crippen LogP contribution in [0.25, 0.3) is 11.0 Å². The Morgan fingerprint density at radius 1 is 1.35 bits per heavy atom. The molecule has 1 atom stereocenters. The third kappa shape index (κ3) is 2.02. The van der Waals surface area contributed by atoms with Crippen molar-refractivity contribution >= 4 is 11.0 Å². The molecule has 1 unspecified atom stereocenters. The molecule has 0 aliphatic carbocycles. The number of H-pyrrole nitrogens is 1. The van der Waals surface area contributed by atoms with Gasteiger partial charge >= 0.3 is 0 Å². The van der Waals surface area contributed by atoms with Crippen molar-refractivity contribution in [3.63, 3.8) is 0 Å². The summed E-state index contributed by atoms with van der Waals surface area (Å²) in [6, 6.07) is 2.53. The molecule has 2 aromatic rings. The minimum absolute atomic E-state index is 0.222. The van der Waals surface area contributed by atoms with Crippen molar-refractivity contribution in [1.82, 2.24) is 15.3 Å². The molecule has 2 heterocycles. The first-order valence-electron chi connectivity index (χ1n) is 5.79. The van der Waals surface area contributed by atoms with Gasteiger partial charge in [-0.3, -0.25) is 0 Å². The molecule has 0 spiro atoms. The maximum absolute atomic E-state index is 13.4. The van der Waals surface area contributed by atoms with Gasteiger partial charge in [0.05, 0.1) is 5.52 Å². The number of halogens is 2. The summed E-state index contributed by atoms with van der Waals surface area (Å²) >= 11 is 0. The van der Waals surface area contributed by atoms with Crippen molar-refractivity contribution in [2.75, 3.05) is 6.54 Å². The maximum Gasteiger partial charge on any atom is 0.153 e. The fraction of sp³-hybridized carbons (Fsp3) is 0.417. The van der Waals surface area contributed by atoms with Gasteiger partial charge in [-0.2, -0.15) is 0 Å². The minimum Gasteiger partial charge on any atom is -0.342 e. The van der Waals surface area contributed by atoms with Crippen LogP contribution in [0.15, 0.2) is 12.1 Å². The number of benzene rings is 1. The van der Waals surface area contributed by atoms with Crippen LogP contribution < -0.4 is 5.32 Å². The van der Waals surface area contributed by atoms with E-state index in [9.17, 15) is 8.78 Å². The van der Waals surface area contributed by atoms with E-state index in [0.717, 1.165) is 31.9 Å². The van der Waals surface area contributed by atoms with Crippen molar-refractivity contribution < 1.29 is 8.78 Å². The Bertz CT molecular complexity index is 544. The quantitative estimate of drug-likeness (QED) is 0.840. The minimum atomic E-state index is -0.609. The second-order valence-electron chi connectivity index (χ2n) is 4.46. The van der Waals surface area contributed by atoms with E-state index >= 15 is 0 Å². The first-order valence-corrected chi connectivity index (χ1v) is 5.79. The monoisotopic (exact) mass is 237 g/mol. The number of fused-ring (bicyclic) bond motifs is 1. The van der Waals surface area contributed by atoms with Gasteiger partial charge in [0.1, 0.15) is 17.2 Å². The Labute approximate surface area is 97.2 Å². The fourth-order valence-corrected chi connectivity index (χ4v) is 2.35. The topological polar surface area (TPSA) is 40.7 Å². The molecule has 90 valence electrons. The first-order chi connectivity index (χ1) is 8.22. The molecule has 5 heteroatoms. The smallest absolute Gasteiger partial charge is 0.153 e. The van der Waals surface area contributed by atoms with E-state index in [1.807, 2.05) is 0 Å². The van der Waals surface area contributed by atoms with Crippen LogP contribution in [0.5, 0.6) is 0 Å². The number of nitrogens with zero attached hydrogens (tertiary/aromatic N) is 1. The number of rotatable bonds is 2. The molecule has 1 aliphatic heterocycles. The van der Waals surface area contributed by atoms with Crippen LogP contribution in [0.3, 0.4) is 0 Å². The van der Waals surface area contributed by atoms with E-state index in [1.165, 1.54) is 6.07 Å². The lowest BCUT2D eigenvalue weighted by Gasteiger charge is -2.06. The molecule has 2 N–H and O–H groups in total. The average molecular weight is 237 g/mol. The van der Waals surface area contributed by atoms with Crippen LogP contribution in [0, 0.1) is 11.6 Å². The molecule has 17 heavy (non-hydrogen) atoms. The van der Waals surface area contributed by atoms with E-state index in [2.05, 4.69) is 15.3 Å². The standard InChI is InChI=1S/C12H13F2N3/c13-7-4-9(14)12-10(5-7)16-11(17-12)6-8-2-1-3-15-8/h4-5,8,15H,1-3,6H2,(H,16,17). The van der Waals surface area contributed by atoms with Gasteiger partial charge in [-0.1, -0.05) is 0 Å². The van der Waals surface area contributed by atoms with Crippen molar-refractivity contribution in [3.05, 3.63) is 29.6 Å². The van der Waals surface area contributed by atoms with Gasteiger partial charge in [0.15, 0.2) is 5.82 Å². The summed E-state index contributed by atoms with van der Waals surface area (Å²) < 4.78 is 26.4. The first kappa shape index (κ1) is 10.7. The fourth-order valence-electron chi connectivity index (χ4n) is 2.35. The van der Waals surface area contributed by atoms with Crippen molar-refractivity contribution in [1.29, 1.82) is 0 Å². The Morgan fingerprint density at radius 3 is 3.00 bits per heavy atom. The second kappa shape index (κ2) is 4.07. The van der Waals surface area contributed by atoms with E-state index in [0.29, 0.717) is 17.4 Å². The van der Waals surface area contributed by atoms with Crippen LogP contribution in [0.2, 0.25) is 0 Å². The van der Waals surface area contributed by atoms with E-state index in [-0.39, 0.29) is 5.52 Å². The zero-order valence-electron chi connectivity index (χ0n) is 9.26. The third-order valence-corrected chi connectivity index (χ3v) is 3.16. The highest BCUT2D eigenvalue weighted by Gasteiger charge is 2.17. The molecule has 1 aliphatic rings. The molecular weight excluding hydrogens is 224 g/mol. The second-order valence-corrected chi connectivity index (χ2v) is 4.46. The highest BCUT2D eigenvalue weighted by molar-refractivity contribution is 5.75. The molecule has 3 nitrogen and oxygen atoms in total. The van der Waals surface area contributed by atoms with E-state index < -0.39 is 11.6 Å². The lowest BCUT2D eigenvalue weighted by atomic mass is 10.1. The summed E-state index contributed by atoms with van der Waals surface area (Å²) in [6.45, 7) is 1.02. The Morgan fingerprint density at radius 2 is 2.24 bits per heavy atom. The Kier molecular flexibility index (Phi) is 2.55. The number of imidazole rings is 1. The lowest BCUT2D eigenvalue weighted by molar-refractivity contribution is 0.586. The summed E-state index contributed by atoms with van der Waals surface area (Å²) in [5, 5.41) is 3.35. The van der Waals surface area contributed by atoms with Crippen molar-refractivity contribution in [3.8, 4) is 0 Å². The molecular formula is C12H13F2N3. The molecule has 1 fully saturated rings. The largest absolute Gasteiger partial charge is 0.342 e. The zero-order chi connectivity index (χ0) is 11.8. The van der Waals surface area contributed by atoms with Gasteiger partial charge in [-0.05, 0) is 25.5 Å². The predicted octanol–water partition coefficient (Wildman–Crippen LogP) is 2.14. The molecule has 3 rings (SSSR count). The molecule has 1 aromatic heterocycles. The summed E-state index contributed by atoms with van der Waals surface area (Å²) in [6.07, 6.45) is 3.00. The highest BCUT2D eigenvalue weighted by Crippen LogP contribution is 2.19. The summed E-state index contributed by atoms with van der Waals surface area (Å²) in [7, 11) is 0. The van der Waals surface area contributed by atoms with Crippen LogP contribution in [-0.4, -0.2) is 22.6 Å². The Balaban J connectivity index is 1.93. The van der Waals surface area contributed by atoms with Crippen molar-refractivity contribution in [2.24, 2.45) is 0 Å². The summed E-state index contributed by atoms with van der Waals surface area (Å²) in [5.41, 5.74) is 0.648. The van der Waals surface area contributed by atoms with E-state index in [4.69, 9.17) is 0 Å². The maximum atomic E-state index is 13.4. The van der Waals surface area contributed by atoms with Gasteiger partial charge in [0.2, 0.25) is 0 Å². The van der Waals surface area contributed by atoms with Crippen molar-refractivity contribution in [2.45, 2.75) is 25.3 Å². The predicted molar refractivity (Wildman–Crippen MR) is 60.7 cm³/mol. The SMILES string of the molecule is Fc1cc(F)c2nc(CC3CCCN3)[nH]c2c1. The molecule has 0 amide bonds. The van der Waals surface area contributed by atoms with Gasteiger partial charge in [-0.15, -0.1) is 0 Å². The molecule has 0 bridgehead atoms. The number of hydrogen-bond donors (Lipinski definition) is 2. The van der Waals surface area contributed by atoms with Gasteiger partial charge < -0.3 is 10.3 Å². The van der Waals surface area contributed by atoms with Gasteiger partial charge in [-0.25, -0.2) is 13.8 Å². The summed E-state index contributed by atoms with van der Waals surface area (Å²) in [5.74, 6) is -0.477. The summed E-state index contributed by atoms with van der Waals surface area (Å²) in [4.78, 5) is 7.15. The number of aromatic amines is 1. The zero-order valence-corrected chi connectivity index (χ0v) is 9.26. The average Bonchev–Trinajstić information content (AvgIpc) is 2.87. The number of hydrogen-bond acceptors (Lipinski definition) is 2. The van der Waals surface area contributed by atoms with Gasteiger partial charge in [0, 0.05) is 18.5 Å². The molecule has 1 saturated heterocycles. The normalized spacial score (nSPS) is 20.2. The lowest BCUT2D eigenvalue weighted by Crippen LogP contribution is -2.24. The van der Waals surface area contributed by atoms with E-state index in [1.54, 1.807) is 0 Å². The molecule has 0 radical (unpaired) electrons. The number of nitrogens with one attached hydrogen (secondary N) is 2. The highest BCUT2D eigenvalue weighted by atomic mass is 19.1. The Hall–Kier alpha value is -1.49. The van der Waals surface area contributed by atoms with Gasteiger partial charge in [0.25, 0.3) is 0 Å². The van der Waals surface area contributed by atoms with Crippen LogP contribution in [0.4, 0.5) is 8.78 Å². The van der Waals surface area contributed by atoms with Crippen LogP contribution in [0.1, 0.15) is 18.7 Å². The molecule has 1 aromatic carbocycles. The molecule has 0 saturated carbocycles. The van der Waals surface area contributed by atoms with Crippen LogP contribution >= 0.6 is 0 Å². The van der Waals surface area contributed by atoms with Crippen LogP contribution in [-0.2, 0) is 6.42 Å².